The molecule has 0 aliphatic carbocycles. The number of rotatable bonds is 6. The first-order valence-corrected chi connectivity index (χ1v) is 12.6. The lowest BCUT2D eigenvalue weighted by Gasteiger charge is -2.28. The Kier molecular flexibility index (Phi) is 8.29. The summed E-state index contributed by atoms with van der Waals surface area (Å²) in [5, 5.41) is 3.18. The SMILES string of the molecule is C=C(C)[C@H](Nc1ccc(F)c(C(F)(F)F)c1)C(=O)N1C[C@H](OC(=O)N2Cc3cccc(Cl)c3C2)C[C@H]1C(=O)OC. The molecule has 0 bridgehead atoms. The van der Waals surface area contributed by atoms with Crippen molar-refractivity contribution in [3.63, 3.8) is 0 Å². The lowest BCUT2D eigenvalue weighted by molar-refractivity contribution is -0.151. The number of fused-ring (bicyclic) bond motifs is 1. The molecule has 0 spiro atoms. The minimum Gasteiger partial charge on any atom is -0.467 e. The van der Waals surface area contributed by atoms with Crippen molar-refractivity contribution in [2.24, 2.45) is 0 Å². The van der Waals surface area contributed by atoms with Crippen LogP contribution in [0, 0.1) is 5.82 Å². The van der Waals surface area contributed by atoms with Gasteiger partial charge in [-0.15, -0.1) is 0 Å². The predicted molar refractivity (Wildman–Crippen MR) is 137 cm³/mol. The molecule has 8 nitrogen and oxygen atoms in total. The molecular formula is C27H26ClF4N3O5. The Morgan fingerprint density at radius 1 is 1.18 bits per heavy atom. The number of ether oxygens (including phenoxy) is 2. The van der Waals surface area contributed by atoms with E-state index in [1.165, 1.54) is 11.8 Å². The van der Waals surface area contributed by atoms with Gasteiger partial charge >= 0.3 is 18.2 Å². The van der Waals surface area contributed by atoms with E-state index in [4.69, 9.17) is 21.1 Å². The summed E-state index contributed by atoms with van der Waals surface area (Å²) in [5.74, 6) is -2.93. The predicted octanol–water partition coefficient (Wildman–Crippen LogP) is 5.15. The van der Waals surface area contributed by atoms with E-state index in [1.54, 1.807) is 12.1 Å². The first-order valence-electron chi connectivity index (χ1n) is 12.2. The molecule has 1 N–H and O–H groups in total. The number of carbonyl (C=O) groups excluding carboxylic acids is 3. The summed E-state index contributed by atoms with van der Waals surface area (Å²) in [6, 6.07) is 5.19. The molecule has 0 radical (unpaired) electrons. The van der Waals surface area contributed by atoms with Crippen LogP contribution in [-0.4, -0.2) is 59.6 Å². The highest BCUT2D eigenvalue weighted by Gasteiger charge is 2.45. The average Bonchev–Trinajstić information content (AvgIpc) is 3.52. The van der Waals surface area contributed by atoms with Gasteiger partial charge in [0.25, 0.3) is 0 Å². The molecule has 2 aliphatic heterocycles. The molecule has 1 saturated heterocycles. The monoisotopic (exact) mass is 583 g/mol. The van der Waals surface area contributed by atoms with E-state index < -0.39 is 53.7 Å². The number of nitrogens with zero attached hydrogens (tertiary/aromatic N) is 2. The summed E-state index contributed by atoms with van der Waals surface area (Å²) in [4.78, 5) is 41.6. The van der Waals surface area contributed by atoms with Crippen molar-refractivity contribution in [1.82, 2.24) is 9.80 Å². The molecule has 2 heterocycles. The second kappa shape index (κ2) is 11.4. The van der Waals surface area contributed by atoms with Crippen LogP contribution in [0.3, 0.4) is 0 Å². The smallest absolute Gasteiger partial charge is 0.419 e. The molecule has 2 amide bonds. The molecule has 0 saturated carbocycles. The number of amides is 2. The van der Waals surface area contributed by atoms with Gasteiger partial charge in [-0.1, -0.05) is 30.3 Å². The van der Waals surface area contributed by atoms with Crippen molar-refractivity contribution in [2.45, 2.75) is 50.8 Å². The summed E-state index contributed by atoms with van der Waals surface area (Å²) >= 11 is 6.22. The Bertz CT molecular complexity index is 1350. The van der Waals surface area contributed by atoms with E-state index in [-0.39, 0.29) is 37.3 Å². The maximum absolute atomic E-state index is 13.8. The maximum Gasteiger partial charge on any atom is 0.419 e. The van der Waals surface area contributed by atoms with Crippen LogP contribution < -0.4 is 5.32 Å². The van der Waals surface area contributed by atoms with Crippen LogP contribution in [0.15, 0.2) is 48.6 Å². The van der Waals surface area contributed by atoms with Crippen molar-refractivity contribution in [1.29, 1.82) is 0 Å². The molecule has 2 aromatic rings. The van der Waals surface area contributed by atoms with Gasteiger partial charge in [0.05, 0.1) is 25.8 Å². The molecule has 2 aliphatic rings. The number of methoxy groups -OCH3 is 1. The Labute approximate surface area is 232 Å². The van der Waals surface area contributed by atoms with E-state index in [0.29, 0.717) is 17.2 Å². The van der Waals surface area contributed by atoms with Gasteiger partial charge in [-0.3, -0.25) is 9.69 Å². The van der Waals surface area contributed by atoms with Crippen LogP contribution in [-0.2, 0) is 38.3 Å². The van der Waals surface area contributed by atoms with E-state index in [0.717, 1.165) is 29.2 Å². The van der Waals surface area contributed by atoms with Crippen LogP contribution in [0.5, 0.6) is 0 Å². The summed E-state index contributed by atoms with van der Waals surface area (Å²) in [5.41, 5.74) is 0.223. The number of benzene rings is 2. The summed E-state index contributed by atoms with van der Waals surface area (Å²) in [7, 11) is 1.14. The van der Waals surface area contributed by atoms with Crippen molar-refractivity contribution in [2.75, 3.05) is 19.0 Å². The molecule has 4 rings (SSSR count). The van der Waals surface area contributed by atoms with Crippen molar-refractivity contribution < 1.29 is 41.4 Å². The molecule has 40 heavy (non-hydrogen) atoms. The van der Waals surface area contributed by atoms with Crippen LogP contribution in [0.2, 0.25) is 5.02 Å². The lowest BCUT2D eigenvalue weighted by atomic mass is 10.1. The van der Waals surface area contributed by atoms with Crippen LogP contribution >= 0.6 is 11.6 Å². The Morgan fingerprint density at radius 3 is 2.52 bits per heavy atom. The van der Waals surface area contributed by atoms with Gasteiger partial charge in [0.1, 0.15) is 24.0 Å². The number of hydrogen-bond acceptors (Lipinski definition) is 6. The van der Waals surface area contributed by atoms with Gasteiger partial charge in [-0.2, -0.15) is 13.2 Å². The zero-order valence-electron chi connectivity index (χ0n) is 21.6. The second-order valence-corrected chi connectivity index (χ2v) is 10.0. The first-order chi connectivity index (χ1) is 18.8. The summed E-state index contributed by atoms with van der Waals surface area (Å²) in [6.07, 6.45) is -6.53. The number of nitrogens with one attached hydrogen (secondary N) is 1. The molecule has 1 fully saturated rings. The van der Waals surface area contributed by atoms with E-state index in [1.807, 2.05) is 6.07 Å². The standard InChI is InChI=1S/C27H26ClF4N3O5/c1-14(2)23(33-16-7-8-21(29)19(9-16)27(30,31)32)24(36)35-12-17(10-22(35)25(37)39-3)40-26(38)34-11-15-5-4-6-20(28)18(15)13-34/h4-9,17,22-23,33H,1,10-13H2,2-3H3/t17-,22+,23+/m1/s1. The Hall–Kier alpha value is -3.80. The first kappa shape index (κ1) is 29.2. The number of anilines is 1. The number of halogens is 5. The summed E-state index contributed by atoms with van der Waals surface area (Å²) < 4.78 is 63.8. The van der Waals surface area contributed by atoms with Crippen molar-refractivity contribution in [3.05, 3.63) is 76.1 Å². The second-order valence-electron chi connectivity index (χ2n) is 9.62. The van der Waals surface area contributed by atoms with Gasteiger partial charge in [0, 0.05) is 23.7 Å². The van der Waals surface area contributed by atoms with Crippen molar-refractivity contribution in [3.8, 4) is 0 Å². The quantitative estimate of drug-likeness (QED) is 0.288. The zero-order chi connectivity index (χ0) is 29.4. The third kappa shape index (κ3) is 6.01. The number of esters is 1. The largest absolute Gasteiger partial charge is 0.467 e. The van der Waals surface area contributed by atoms with Crippen LogP contribution in [0.25, 0.3) is 0 Å². The van der Waals surface area contributed by atoms with Gasteiger partial charge in [0.2, 0.25) is 5.91 Å². The molecule has 0 unspecified atom stereocenters. The Morgan fingerprint density at radius 2 is 1.90 bits per heavy atom. The number of alkyl halides is 3. The maximum atomic E-state index is 13.8. The minimum atomic E-state index is -4.95. The van der Waals surface area contributed by atoms with Gasteiger partial charge in [0.15, 0.2) is 0 Å². The molecule has 2 aromatic carbocycles. The fraction of sp³-hybridized carbons (Fsp3) is 0.370. The number of hydrogen-bond donors (Lipinski definition) is 1. The topological polar surface area (TPSA) is 88.2 Å². The summed E-state index contributed by atoms with van der Waals surface area (Å²) in [6.45, 7) is 5.57. The zero-order valence-corrected chi connectivity index (χ0v) is 22.3. The number of likely N-dealkylation sites (tertiary alicyclic amines) is 1. The van der Waals surface area contributed by atoms with Gasteiger partial charge < -0.3 is 19.7 Å². The normalized spacial score (nSPS) is 19.2. The fourth-order valence-electron chi connectivity index (χ4n) is 4.77. The van der Waals surface area contributed by atoms with E-state index in [9.17, 15) is 31.9 Å². The average molecular weight is 584 g/mol. The highest BCUT2D eigenvalue weighted by molar-refractivity contribution is 6.31. The molecule has 13 heteroatoms. The lowest BCUT2D eigenvalue weighted by Crippen LogP contribution is -2.48. The highest BCUT2D eigenvalue weighted by Crippen LogP contribution is 2.34. The van der Waals surface area contributed by atoms with Crippen LogP contribution in [0.1, 0.15) is 30.0 Å². The number of carbonyl (C=O) groups is 3. The molecule has 3 atom stereocenters. The molecular weight excluding hydrogens is 558 g/mol. The third-order valence-electron chi connectivity index (χ3n) is 6.79. The minimum absolute atomic E-state index is 0.0522. The fourth-order valence-corrected chi connectivity index (χ4v) is 5.03. The Balaban J connectivity index is 1.50. The van der Waals surface area contributed by atoms with Crippen LogP contribution in [0.4, 0.5) is 28.0 Å². The highest BCUT2D eigenvalue weighted by atomic mass is 35.5. The van der Waals surface area contributed by atoms with Crippen molar-refractivity contribution >= 4 is 35.3 Å². The van der Waals surface area contributed by atoms with E-state index >= 15 is 0 Å². The van der Waals surface area contributed by atoms with E-state index in [2.05, 4.69) is 11.9 Å². The molecule has 0 aromatic heterocycles. The molecule has 214 valence electrons. The van der Waals surface area contributed by atoms with Gasteiger partial charge in [-0.05, 0) is 47.9 Å². The third-order valence-corrected chi connectivity index (χ3v) is 7.15. The van der Waals surface area contributed by atoms with Gasteiger partial charge in [-0.25, -0.2) is 14.0 Å².